The van der Waals surface area contributed by atoms with Gasteiger partial charge < -0.3 is 9.88 Å². The summed E-state index contributed by atoms with van der Waals surface area (Å²) in [6.45, 7) is 1.91. The maximum absolute atomic E-state index is 13.2. The number of imidazole rings is 1. The number of carbonyl (C=O) groups is 1. The van der Waals surface area contributed by atoms with E-state index in [-0.39, 0.29) is 17.3 Å². The molecule has 1 amide bonds. The summed E-state index contributed by atoms with van der Waals surface area (Å²) in [5.41, 5.74) is -0.797. The molecule has 4 nitrogen and oxygen atoms in total. The molecule has 0 bridgehead atoms. The Bertz CT molecular complexity index is 679. The average Bonchev–Trinajstić information content (AvgIpc) is 3.00. The van der Waals surface area contributed by atoms with Crippen LogP contribution in [0.15, 0.2) is 36.7 Å². The van der Waals surface area contributed by atoms with Crippen LogP contribution in [0, 0.1) is 0 Å². The van der Waals surface area contributed by atoms with Gasteiger partial charge in [-0.2, -0.15) is 13.2 Å². The molecule has 1 aromatic heterocycles. The molecule has 0 spiro atoms. The first kappa shape index (κ1) is 17.1. The van der Waals surface area contributed by atoms with Crippen molar-refractivity contribution in [3.05, 3.63) is 42.2 Å². The number of hydrogen-bond donors (Lipinski definition) is 1. The summed E-state index contributed by atoms with van der Waals surface area (Å²) in [7, 11) is 1.51. The van der Waals surface area contributed by atoms with Crippen molar-refractivity contribution in [3.63, 3.8) is 0 Å². The fourth-order valence-corrected chi connectivity index (χ4v) is 2.54. The predicted octanol–water partition coefficient (Wildman–Crippen LogP) is 3.66. The summed E-state index contributed by atoms with van der Waals surface area (Å²) in [6, 6.07) is 4.65. The van der Waals surface area contributed by atoms with Crippen LogP contribution >= 0.6 is 0 Å². The molecular formula is C16H18F3N3O. The van der Waals surface area contributed by atoms with Crippen LogP contribution in [-0.2, 0) is 11.0 Å². The van der Waals surface area contributed by atoms with E-state index in [1.54, 1.807) is 0 Å². The summed E-state index contributed by atoms with van der Waals surface area (Å²) in [6.07, 6.45) is -0.305. The molecule has 0 saturated carbocycles. The summed E-state index contributed by atoms with van der Waals surface area (Å²) in [4.78, 5) is 16.1. The first-order valence-corrected chi connectivity index (χ1v) is 7.31. The van der Waals surface area contributed by atoms with Gasteiger partial charge in [-0.15, -0.1) is 0 Å². The number of alkyl halides is 3. The third-order valence-electron chi connectivity index (χ3n) is 3.59. The number of amides is 1. The lowest BCUT2D eigenvalue weighted by atomic mass is 10.1. The Kier molecular flexibility index (Phi) is 5.08. The minimum Gasteiger partial charge on any atom is -0.357 e. The van der Waals surface area contributed by atoms with E-state index in [0.717, 1.165) is 12.5 Å². The minimum atomic E-state index is -4.49. The Morgan fingerprint density at radius 2 is 2.04 bits per heavy atom. The van der Waals surface area contributed by atoms with Crippen molar-refractivity contribution in [2.45, 2.75) is 32.0 Å². The van der Waals surface area contributed by atoms with Gasteiger partial charge in [0.15, 0.2) is 0 Å². The average molecular weight is 325 g/mol. The van der Waals surface area contributed by atoms with E-state index in [0.29, 0.717) is 6.42 Å². The third kappa shape index (κ3) is 3.55. The Labute approximate surface area is 132 Å². The number of nitrogens with zero attached hydrogens (tertiary/aromatic N) is 2. The number of hydrogen-bond acceptors (Lipinski definition) is 2. The highest BCUT2D eigenvalue weighted by Gasteiger charge is 2.35. The van der Waals surface area contributed by atoms with Crippen molar-refractivity contribution in [2.24, 2.45) is 0 Å². The zero-order chi connectivity index (χ0) is 17.0. The highest BCUT2D eigenvalue weighted by molar-refractivity contribution is 5.81. The number of likely N-dealkylation sites (N-methyl/N-ethyl adjacent to an activating group) is 1. The molecule has 0 aliphatic rings. The predicted molar refractivity (Wildman–Crippen MR) is 80.7 cm³/mol. The fraction of sp³-hybridized carbons (Fsp3) is 0.375. The van der Waals surface area contributed by atoms with Crippen LogP contribution in [-0.4, -0.2) is 22.5 Å². The van der Waals surface area contributed by atoms with E-state index >= 15 is 0 Å². The van der Waals surface area contributed by atoms with E-state index in [9.17, 15) is 18.0 Å². The monoisotopic (exact) mass is 325 g/mol. The molecule has 2 rings (SSSR count). The van der Waals surface area contributed by atoms with Gasteiger partial charge in [0.1, 0.15) is 11.9 Å². The lowest BCUT2D eigenvalue weighted by Crippen LogP contribution is -2.30. The first-order valence-electron chi connectivity index (χ1n) is 7.31. The summed E-state index contributed by atoms with van der Waals surface area (Å²) >= 11 is 0. The smallest absolute Gasteiger partial charge is 0.357 e. The van der Waals surface area contributed by atoms with Gasteiger partial charge in [-0.1, -0.05) is 31.5 Å². The zero-order valence-electron chi connectivity index (χ0n) is 12.9. The quantitative estimate of drug-likeness (QED) is 0.912. The summed E-state index contributed by atoms with van der Waals surface area (Å²) in [5, 5.41) is 2.55. The van der Waals surface area contributed by atoms with Crippen LogP contribution in [0.3, 0.4) is 0 Å². The van der Waals surface area contributed by atoms with Crippen molar-refractivity contribution in [2.75, 3.05) is 7.05 Å². The molecule has 0 fully saturated rings. The second kappa shape index (κ2) is 6.85. The summed E-state index contributed by atoms with van der Waals surface area (Å²) < 4.78 is 41.2. The second-order valence-corrected chi connectivity index (χ2v) is 5.12. The zero-order valence-corrected chi connectivity index (χ0v) is 12.9. The van der Waals surface area contributed by atoms with Crippen molar-refractivity contribution < 1.29 is 18.0 Å². The topological polar surface area (TPSA) is 46.9 Å². The van der Waals surface area contributed by atoms with Crippen LogP contribution in [0.4, 0.5) is 13.2 Å². The second-order valence-electron chi connectivity index (χ2n) is 5.12. The first-order chi connectivity index (χ1) is 10.9. The molecule has 7 heteroatoms. The molecule has 0 saturated heterocycles. The number of nitrogens with one attached hydrogen (secondary N) is 1. The van der Waals surface area contributed by atoms with Crippen LogP contribution < -0.4 is 5.32 Å². The molecule has 1 N–H and O–H groups in total. The maximum Gasteiger partial charge on any atom is 0.417 e. The molecule has 0 radical (unpaired) electrons. The van der Waals surface area contributed by atoms with E-state index in [1.165, 1.54) is 42.2 Å². The minimum absolute atomic E-state index is 0.0324. The van der Waals surface area contributed by atoms with Crippen molar-refractivity contribution >= 4 is 5.91 Å². The van der Waals surface area contributed by atoms with Crippen LogP contribution in [0.25, 0.3) is 11.4 Å². The van der Waals surface area contributed by atoms with Gasteiger partial charge in [0.05, 0.1) is 5.56 Å². The number of aromatic nitrogens is 2. The molecule has 1 atom stereocenters. The molecular weight excluding hydrogens is 307 g/mol. The van der Waals surface area contributed by atoms with E-state index < -0.39 is 17.8 Å². The highest BCUT2D eigenvalue weighted by atomic mass is 19.4. The molecule has 0 aliphatic heterocycles. The van der Waals surface area contributed by atoms with E-state index in [2.05, 4.69) is 10.3 Å². The number of benzene rings is 1. The highest BCUT2D eigenvalue weighted by Crippen LogP contribution is 2.37. The van der Waals surface area contributed by atoms with Crippen LogP contribution in [0.2, 0.25) is 0 Å². The van der Waals surface area contributed by atoms with Gasteiger partial charge >= 0.3 is 6.18 Å². The number of carbonyl (C=O) groups excluding carboxylic acids is 1. The molecule has 0 unspecified atom stereocenters. The fourth-order valence-electron chi connectivity index (χ4n) is 2.54. The molecule has 124 valence electrons. The van der Waals surface area contributed by atoms with Gasteiger partial charge in [-0.3, -0.25) is 4.79 Å². The molecule has 23 heavy (non-hydrogen) atoms. The lowest BCUT2D eigenvalue weighted by molar-refractivity contribution is -0.137. The van der Waals surface area contributed by atoms with Crippen molar-refractivity contribution in [1.29, 1.82) is 0 Å². The third-order valence-corrected chi connectivity index (χ3v) is 3.59. The van der Waals surface area contributed by atoms with Gasteiger partial charge in [-0.05, 0) is 12.5 Å². The Morgan fingerprint density at radius 3 is 2.65 bits per heavy atom. The summed E-state index contributed by atoms with van der Waals surface area (Å²) in [5.74, 6) is -0.115. The van der Waals surface area contributed by atoms with E-state index in [1.807, 2.05) is 6.92 Å². The molecule has 1 aromatic carbocycles. The molecule has 2 aromatic rings. The number of halogens is 3. The van der Waals surface area contributed by atoms with Crippen LogP contribution in [0.1, 0.15) is 31.4 Å². The standard InChI is InChI=1S/C16H18F3N3O/c1-3-6-13(15(23)20-2)22-10-9-21-14(22)11-7-4-5-8-12(11)16(17,18)19/h4-5,7-10,13H,3,6H2,1-2H3,(H,20,23)/t13-/m0/s1. The normalized spacial score (nSPS) is 12.9. The SMILES string of the molecule is CCC[C@@H](C(=O)NC)n1ccnc1-c1ccccc1C(F)(F)F. The molecule has 0 aliphatic carbocycles. The lowest BCUT2D eigenvalue weighted by Gasteiger charge is -2.20. The van der Waals surface area contributed by atoms with Crippen molar-refractivity contribution in [3.8, 4) is 11.4 Å². The van der Waals surface area contributed by atoms with Gasteiger partial charge in [-0.25, -0.2) is 4.98 Å². The Morgan fingerprint density at radius 1 is 1.35 bits per heavy atom. The van der Waals surface area contributed by atoms with Gasteiger partial charge in [0.2, 0.25) is 5.91 Å². The number of rotatable bonds is 5. The Balaban J connectivity index is 2.56. The van der Waals surface area contributed by atoms with Crippen LogP contribution in [0.5, 0.6) is 0 Å². The largest absolute Gasteiger partial charge is 0.417 e. The van der Waals surface area contributed by atoms with Gasteiger partial charge in [0.25, 0.3) is 0 Å². The van der Waals surface area contributed by atoms with E-state index in [4.69, 9.17) is 0 Å². The van der Waals surface area contributed by atoms with Crippen molar-refractivity contribution in [1.82, 2.24) is 14.9 Å². The maximum atomic E-state index is 13.2. The Hall–Kier alpha value is -2.31. The van der Waals surface area contributed by atoms with Gasteiger partial charge in [0, 0.05) is 25.0 Å². The molecule has 1 heterocycles.